The van der Waals surface area contributed by atoms with E-state index in [1.807, 2.05) is 49.6 Å². The van der Waals surface area contributed by atoms with Crippen LogP contribution in [-0.2, 0) is 6.54 Å². The molecule has 0 saturated heterocycles. The van der Waals surface area contributed by atoms with E-state index in [0.29, 0.717) is 0 Å². The highest BCUT2D eigenvalue weighted by atomic mass is 15.2. The van der Waals surface area contributed by atoms with Gasteiger partial charge in [-0.1, -0.05) is 12.1 Å². The first-order chi connectivity index (χ1) is 9.20. The van der Waals surface area contributed by atoms with Gasteiger partial charge in [0.15, 0.2) is 0 Å². The number of nitrogens with zero attached hydrogens (tertiary/aromatic N) is 3. The van der Waals surface area contributed by atoms with Gasteiger partial charge in [-0.25, -0.2) is 4.98 Å². The van der Waals surface area contributed by atoms with Gasteiger partial charge in [0, 0.05) is 25.0 Å². The van der Waals surface area contributed by atoms with Crippen LogP contribution in [0.25, 0.3) is 0 Å². The second-order valence-electron chi connectivity index (χ2n) is 4.57. The summed E-state index contributed by atoms with van der Waals surface area (Å²) in [5, 5.41) is 0. The van der Waals surface area contributed by atoms with Gasteiger partial charge in [0.1, 0.15) is 5.82 Å². The summed E-state index contributed by atoms with van der Waals surface area (Å²) in [6, 6.07) is 10.0. The Morgan fingerprint density at radius 2 is 2.05 bits per heavy atom. The van der Waals surface area contributed by atoms with Crippen LogP contribution in [-0.4, -0.2) is 16.5 Å². The molecule has 0 aliphatic heterocycles. The minimum Gasteiger partial charge on any atom is -0.351 e. The number of rotatable bonds is 5. The van der Waals surface area contributed by atoms with Crippen LogP contribution in [0.2, 0.25) is 0 Å². The molecule has 2 aromatic rings. The fourth-order valence-electron chi connectivity index (χ4n) is 1.90. The summed E-state index contributed by atoms with van der Waals surface area (Å²) in [6.07, 6.45) is 3.66. The van der Waals surface area contributed by atoms with E-state index >= 15 is 0 Å². The number of hydrogen-bond donors (Lipinski definition) is 1. The molecule has 19 heavy (non-hydrogen) atoms. The molecule has 2 heterocycles. The van der Waals surface area contributed by atoms with Crippen molar-refractivity contribution < 1.29 is 0 Å². The molecule has 1 atom stereocenters. The first kappa shape index (κ1) is 13.5. The van der Waals surface area contributed by atoms with E-state index < -0.39 is 0 Å². The molecule has 0 radical (unpaired) electrons. The number of nitrogens with two attached hydrogens (primary N) is 1. The van der Waals surface area contributed by atoms with Crippen LogP contribution in [0.5, 0.6) is 0 Å². The van der Waals surface area contributed by atoms with Crippen LogP contribution in [0.15, 0.2) is 42.7 Å². The fraction of sp³-hybridized carbons (Fsp3) is 0.333. The molecule has 4 heteroatoms. The van der Waals surface area contributed by atoms with E-state index in [1.54, 1.807) is 0 Å². The van der Waals surface area contributed by atoms with Gasteiger partial charge in [-0.05, 0) is 37.6 Å². The van der Waals surface area contributed by atoms with E-state index in [-0.39, 0.29) is 6.04 Å². The SMILES string of the molecule is CCN(Cc1ccccn1)c1ccc([C@H](C)N)cn1. The maximum Gasteiger partial charge on any atom is 0.128 e. The Labute approximate surface area is 114 Å². The van der Waals surface area contributed by atoms with Gasteiger partial charge >= 0.3 is 0 Å². The van der Waals surface area contributed by atoms with Gasteiger partial charge in [-0.15, -0.1) is 0 Å². The average molecular weight is 256 g/mol. The Kier molecular flexibility index (Phi) is 4.47. The van der Waals surface area contributed by atoms with E-state index in [4.69, 9.17) is 5.73 Å². The molecule has 2 N–H and O–H groups in total. The Hall–Kier alpha value is -1.94. The quantitative estimate of drug-likeness (QED) is 0.893. The van der Waals surface area contributed by atoms with Gasteiger partial charge in [0.25, 0.3) is 0 Å². The zero-order valence-corrected chi connectivity index (χ0v) is 11.5. The maximum absolute atomic E-state index is 5.83. The molecular weight excluding hydrogens is 236 g/mol. The Balaban J connectivity index is 2.13. The van der Waals surface area contributed by atoms with Gasteiger partial charge in [0.05, 0.1) is 12.2 Å². The van der Waals surface area contributed by atoms with Crippen LogP contribution < -0.4 is 10.6 Å². The summed E-state index contributed by atoms with van der Waals surface area (Å²) in [5.74, 6) is 0.956. The fourth-order valence-corrected chi connectivity index (χ4v) is 1.90. The van der Waals surface area contributed by atoms with Gasteiger partial charge < -0.3 is 10.6 Å². The van der Waals surface area contributed by atoms with Crippen LogP contribution in [0, 0.1) is 0 Å². The summed E-state index contributed by atoms with van der Waals surface area (Å²) in [5.41, 5.74) is 7.93. The van der Waals surface area contributed by atoms with Crippen LogP contribution in [0.3, 0.4) is 0 Å². The lowest BCUT2D eigenvalue weighted by Gasteiger charge is -2.21. The van der Waals surface area contributed by atoms with Crippen molar-refractivity contribution in [3.63, 3.8) is 0 Å². The van der Waals surface area contributed by atoms with Crippen molar-refractivity contribution in [1.29, 1.82) is 0 Å². The molecule has 0 bridgehead atoms. The van der Waals surface area contributed by atoms with Gasteiger partial charge in [0.2, 0.25) is 0 Å². The molecule has 0 aliphatic rings. The third kappa shape index (κ3) is 3.51. The Bertz CT molecular complexity index is 493. The highest BCUT2D eigenvalue weighted by molar-refractivity contribution is 5.40. The average Bonchev–Trinajstić information content (AvgIpc) is 2.46. The van der Waals surface area contributed by atoms with Crippen molar-refractivity contribution in [1.82, 2.24) is 9.97 Å². The maximum atomic E-state index is 5.83. The molecule has 100 valence electrons. The number of anilines is 1. The molecule has 0 unspecified atom stereocenters. The van der Waals surface area contributed by atoms with Crippen molar-refractivity contribution in [2.24, 2.45) is 5.73 Å². The normalized spacial score (nSPS) is 12.2. The minimum absolute atomic E-state index is 0.0208. The topological polar surface area (TPSA) is 55.0 Å². The molecular formula is C15H20N4. The largest absolute Gasteiger partial charge is 0.351 e. The highest BCUT2D eigenvalue weighted by Gasteiger charge is 2.08. The van der Waals surface area contributed by atoms with Crippen molar-refractivity contribution in [2.75, 3.05) is 11.4 Å². The van der Waals surface area contributed by atoms with Gasteiger partial charge in [-0.3, -0.25) is 4.98 Å². The molecule has 2 aromatic heterocycles. The zero-order chi connectivity index (χ0) is 13.7. The first-order valence-corrected chi connectivity index (χ1v) is 6.57. The number of aromatic nitrogens is 2. The van der Waals surface area contributed by atoms with E-state index in [1.165, 1.54) is 0 Å². The lowest BCUT2D eigenvalue weighted by molar-refractivity contribution is 0.781. The van der Waals surface area contributed by atoms with Crippen molar-refractivity contribution >= 4 is 5.82 Å². The summed E-state index contributed by atoms with van der Waals surface area (Å²) >= 11 is 0. The van der Waals surface area contributed by atoms with Crippen molar-refractivity contribution in [2.45, 2.75) is 26.4 Å². The molecule has 0 fully saturated rings. The molecule has 0 aromatic carbocycles. The third-order valence-corrected chi connectivity index (χ3v) is 3.08. The molecule has 2 rings (SSSR count). The lowest BCUT2D eigenvalue weighted by atomic mass is 10.1. The monoisotopic (exact) mass is 256 g/mol. The van der Waals surface area contributed by atoms with Crippen LogP contribution in [0.1, 0.15) is 31.1 Å². The van der Waals surface area contributed by atoms with Crippen molar-refractivity contribution in [3.8, 4) is 0 Å². The Morgan fingerprint density at radius 3 is 2.58 bits per heavy atom. The van der Waals surface area contributed by atoms with Crippen LogP contribution in [0.4, 0.5) is 5.82 Å². The summed E-state index contributed by atoms with van der Waals surface area (Å²) in [4.78, 5) is 11.0. The summed E-state index contributed by atoms with van der Waals surface area (Å²) in [6.45, 7) is 5.73. The van der Waals surface area contributed by atoms with Crippen LogP contribution >= 0.6 is 0 Å². The van der Waals surface area contributed by atoms with E-state index in [9.17, 15) is 0 Å². The molecule has 0 saturated carbocycles. The standard InChI is InChI=1S/C15H20N4/c1-3-19(11-14-6-4-5-9-17-14)15-8-7-13(10-18-15)12(2)16/h4-10,12H,3,11,16H2,1-2H3/t12-/m0/s1. The summed E-state index contributed by atoms with van der Waals surface area (Å²) in [7, 11) is 0. The smallest absolute Gasteiger partial charge is 0.128 e. The molecule has 0 amide bonds. The minimum atomic E-state index is 0.0208. The Morgan fingerprint density at radius 1 is 1.21 bits per heavy atom. The second-order valence-corrected chi connectivity index (χ2v) is 4.57. The third-order valence-electron chi connectivity index (χ3n) is 3.08. The first-order valence-electron chi connectivity index (χ1n) is 6.57. The lowest BCUT2D eigenvalue weighted by Crippen LogP contribution is -2.23. The van der Waals surface area contributed by atoms with E-state index in [0.717, 1.165) is 30.2 Å². The summed E-state index contributed by atoms with van der Waals surface area (Å²) < 4.78 is 0. The molecule has 0 spiro atoms. The number of hydrogen-bond acceptors (Lipinski definition) is 4. The number of pyridine rings is 2. The second kappa shape index (κ2) is 6.29. The molecule has 4 nitrogen and oxygen atoms in total. The highest BCUT2D eigenvalue weighted by Crippen LogP contribution is 2.16. The molecule has 0 aliphatic carbocycles. The predicted octanol–water partition coefficient (Wildman–Crippen LogP) is 2.52. The predicted molar refractivity (Wildman–Crippen MR) is 77.8 cm³/mol. The van der Waals surface area contributed by atoms with Crippen molar-refractivity contribution in [3.05, 3.63) is 54.0 Å². The van der Waals surface area contributed by atoms with E-state index in [2.05, 4.69) is 21.8 Å². The van der Waals surface area contributed by atoms with Gasteiger partial charge in [-0.2, -0.15) is 0 Å². The zero-order valence-electron chi connectivity index (χ0n) is 11.5.